The molecule has 6 nitrogen and oxygen atoms in total. The zero-order valence-electron chi connectivity index (χ0n) is 14.3. The van der Waals surface area contributed by atoms with Crippen molar-refractivity contribution in [1.82, 2.24) is 20.4 Å². The van der Waals surface area contributed by atoms with Crippen molar-refractivity contribution >= 4 is 5.91 Å². The lowest BCUT2D eigenvalue weighted by Crippen LogP contribution is -2.38. The SMILES string of the molecule is CC(=O)NCC1CCN(Cc2noc(-c3cccc(C)c3)n2)CC1. The number of aromatic nitrogens is 2. The first kappa shape index (κ1) is 16.6. The molecule has 0 radical (unpaired) electrons. The Bertz CT molecular complexity index is 690. The Labute approximate surface area is 142 Å². The standard InChI is InChI=1S/C18H24N4O2/c1-13-4-3-5-16(10-13)18-20-17(21-24-18)12-22-8-6-15(7-9-22)11-19-14(2)23/h3-5,10,15H,6-9,11-12H2,1-2H3,(H,19,23). The molecule has 0 atom stereocenters. The van der Waals surface area contributed by atoms with Crippen LogP contribution in [-0.4, -0.2) is 40.6 Å². The molecule has 0 aliphatic carbocycles. The Kier molecular flexibility index (Phi) is 5.25. The average molecular weight is 328 g/mol. The smallest absolute Gasteiger partial charge is 0.257 e. The van der Waals surface area contributed by atoms with Gasteiger partial charge in [-0.15, -0.1) is 0 Å². The van der Waals surface area contributed by atoms with Crippen molar-refractivity contribution in [3.05, 3.63) is 35.7 Å². The van der Waals surface area contributed by atoms with Gasteiger partial charge in [0.15, 0.2) is 5.82 Å². The fourth-order valence-corrected chi connectivity index (χ4v) is 3.05. The van der Waals surface area contributed by atoms with Crippen molar-refractivity contribution < 1.29 is 9.32 Å². The van der Waals surface area contributed by atoms with Crippen LogP contribution in [0.15, 0.2) is 28.8 Å². The van der Waals surface area contributed by atoms with Crippen molar-refractivity contribution in [2.75, 3.05) is 19.6 Å². The van der Waals surface area contributed by atoms with Gasteiger partial charge in [-0.3, -0.25) is 9.69 Å². The molecule has 1 fully saturated rings. The molecule has 0 spiro atoms. The number of hydrogen-bond donors (Lipinski definition) is 1. The molecular formula is C18H24N4O2. The van der Waals surface area contributed by atoms with Crippen LogP contribution in [0.2, 0.25) is 0 Å². The van der Waals surface area contributed by atoms with Crippen molar-refractivity contribution in [2.45, 2.75) is 33.2 Å². The van der Waals surface area contributed by atoms with E-state index in [0.717, 1.165) is 43.9 Å². The number of carbonyl (C=O) groups is 1. The van der Waals surface area contributed by atoms with E-state index in [1.807, 2.05) is 31.2 Å². The van der Waals surface area contributed by atoms with E-state index >= 15 is 0 Å². The number of nitrogens with one attached hydrogen (secondary N) is 1. The summed E-state index contributed by atoms with van der Waals surface area (Å²) in [6.07, 6.45) is 2.17. The third kappa shape index (κ3) is 4.41. The summed E-state index contributed by atoms with van der Waals surface area (Å²) >= 11 is 0. The number of rotatable bonds is 5. The van der Waals surface area contributed by atoms with Crippen LogP contribution in [-0.2, 0) is 11.3 Å². The van der Waals surface area contributed by atoms with Gasteiger partial charge in [0.05, 0.1) is 6.54 Å². The molecule has 24 heavy (non-hydrogen) atoms. The average Bonchev–Trinajstić information content (AvgIpc) is 3.03. The number of likely N-dealkylation sites (tertiary alicyclic amines) is 1. The molecule has 1 saturated heterocycles. The van der Waals surface area contributed by atoms with Gasteiger partial charge in [-0.25, -0.2) is 0 Å². The lowest BCUT2D eigenvalue weighted by molar-refractivity contribution is -0.119. The largest absolute Gasteiger partial charge is 0.356 e. The monoisotopic (exact) mass is 328 g/mol. The molecule has 2 heterocycles. The Morgan fingerprint density at radius 1 is 1.38 bits per heavy atom. The zero-order chi connectivity index (χ0) is 16.9. The molecule has 0 saturated carbocycles. The minimum Gasteiger partial charge on any atom is -0.356 e. The fraction of sp³-hybridized carbons (Fsp3) is 0.500. The van der Waals surface area contributed by atoms with E-state index in [1.54, 1.807) is 6.92 Å². The maximum Gasteiger partial charge on any atom is 0.257 e. The van der Waals surface area contributed by atoms with Crippen molar-refractivity contribution in [1.29, 1.82) is 0 Å². The molecule has 0 bridgehead atoms. The van der Waals surface area contributed by atoms with E-state index in [4.69, 9.17) is 4.52 Å². The second-order valence-electron chi connectivity index (χ2n) is 6.54. The maximum atomic E-state index is 11.0. The fourth-order valence-electron chi connectivity index (χ4n) is 3.05. The number of piperidine rings is 1. The molecule has 6 heteroatoms. The molecule has 128 valence electrons. The normalized spacial score (nSPS) is 16.2. The van der Waals surface area contributed by atoms with E-state index in [-0.39, 0.29) is 5.91 Å². The molecule has 3 rings (SSSR count). The Balaban J connectivity index is 1.52. The van der Waals surface area contributed by atoms with Gasteiger partial charge in [-0.1, -0.05) is 22.9 Å². The van der Waals surface area contributed by atoms with Crippen LogP contribution < -0.4 is 5.32 Å². The number of amides is 1. The predicted molar refractivity (Wildman–Crippen MR) is 91.2 cm³/mol. The van der Waals surface area contributed by atoms with Gasteiger partial charge in [0.1, 0.15) is 0 Å². The minimum absolute atomic E-state index is 0.0490. The quantitative estimate of drug-likeness (QED) is 0.912. The number of benzene rings is 1. The van der Waals surface area contributed by atoms with Gasteiger partial charge in [-0.05, 0) is 50.9 Å². The summed E-state index contributed by atoms with van der Waals surface area (Å²) in [6.45, 7) is 7.10. The number of aryl methyl sites for hydroxylation is 1. The Morgan fingerprint density at radius 3 is 2.88 bits per heavy atom. The summed E-state index contributed by atoms with van der Waals surface area (Å²) < 4.78 is 5.40. The van der Waals surface area contributed by atoms with E-state index in [9.17, 15) is 4.79 Å². The summed E-state index contributed by atoms with van der Waals surface area (Å²) in [5.74, 6) is 1.92. The topological polar surface area (TPSA) is 71.3 Å². The highest BCUT2D eigenvalue weighted by Crippen LogP contribution is 2.21. The van der Waals surface area contributed by atoms with Crippen LogP contribution in [0.5, 0.6) is 0 Å². The van der Waals surface area contributed by atoms with E-state index < -0.39 is 0 Å². The van der Waals surface area contributed by atoms with Crippen LogP contribution in [0.1, 0.15) is 31.2 Å². The Hall–Kier alpha value is -2.21. The van der Waals surface area contributed by atoms with Crippen molar-refractivity contribution in [2.24, 2.45) is 5.92 Å². The van der Waals surface area contributed by atoms with Gasteiger partial charge < -0.3 is 9.84 Å². The second-order valence-corrected chi connectivity index (χ2v) is 6.54. The molecule has 1 aliphatic rings. The van der Waals surface area contributed by atoms with E-state index in [0.29, 0.717) is 18.4 Å². The molecule has 1 aromatic carbocycles. The van der Waals surface area contributed by atoms with Crippen LogP contribution in [0, 0.1) is 12.8 Å². The second kappa shape index (κ2) is 7.57. The van der Waals surface area contributed by atoms with Crippen LogP contribution >= 0.6 is 0 Å². The van der Waals surface area contributed by atoms with Crippen LogP contribution in [0.4, 0.5) is 0 Å². The first-order valence-corrected chi connectivity index (χ1v) is 8.46. The molecule has 2 aromatic rings. The van der Waals surface area contributed by atoms with Gasteiger partial charge in [0.25, 0.3) is 5.89 Å². The van der Waals surface area contributed by atoms with Gasteiger partial charge in [-0.2, -0.15) is 4.98 Å². The first-order chi connectivity index (χ1) is 11.6. The van der Waals surface area contributed by atoms with Crippen molar-refractivity contribution in [3.8, 4) is 11.5 Å². The predicted octanol–water partition coefficient (Wildman–Crippen LogP) is 2.39. The number of hydrogen-bond acceptors (Lipinski definition) is 5. The summed E-state index contributed by atoms with van der Waals surface area (Å²) in [5, 5.41) is 7.02. The van der Waals surface area contributed by atoms with Gasteiger partial charge in [0.2, 0.25) is 5.91 Å². The van der Waals surface area contributed by atoms with Crippen molar-refractivity contribution in [3.63, 3.8) is 0 Å². The number of carbonyl (C=O) groups excluding carboxylic acids is 1. The summed E-state index contributed by atoms with van der Waals surface area (Å²) in [6, 6.07) is 8.07. The third-order valence-electron chi connectivity index (χ3n) is 4.44. The zero-order valence-corrected chi connectivity index (χ0v) is 14.3. The molecular weight excluding hydrogens is 304 g/mol. The molecule has 1 amide bonds. The van der Waals surface area contributed by atoms with E-state index in [2.05, 4.69) is 20.4 Å². The van der Waals surface area contributed by atoms with Crippen LogP contribution in [0.25, 0.3) is 11.5 Å². The molecule has 1 aromatic heterocycles. The highest BCUT2D eigenvalue weighted by molar-refractivity contribution is 5.72. The van der Waals surface area contributed by atoms with E-state index in [1.165, 1.54) is 5.56 Å². The van der Waals surface area contributed by atoms with Crippen LogP contribution in [0.3, 0.4) is 0 Å². The molecule has 1 aliphatic heterocycles. The third-order valence-corrected chi connectivity index (χ3v) is 4.44. The minimum atomic E-state index is 0.0490. The Morgan fingerprint density at radius 2 is 2.17 bits per heavy atom. The highest BCUT2D eigenvalue weighted by atomic mass is 16.5. The maximum absolute atomic E-state index is 11.0. The molecule has 1 N–H and O–H groups in total. The summed E-state index contributed by atoms with van der Waals surface area (Å²) in [5.41, 5.74) is 2.14. The lowest BCUT2D eigenvalue weighted by Gasteiger charge is -2.31. The summed E-state index contributed by atoms with van der Waals surface area (Å²) in [4.78, 5) is 17.8. The highest BCUT2D eigenvalue weighted by Gasteiger charge is 2.21. The van der Waals surface area contributed by atoms with Gasteiger partial charge >= 0.3 is 0 Å². The summed E-state index contributed by atoms with van der Waals surface area (Å²) in [7, 11) is 0. The number of nitrogens with zero attached hydrogens (tertiary/aromatic N) is 3. The first-order valence-electron chi connectivity index (χ1n) is 8.46. The van der Waals surface area contributed by atoms with Gasteiger partial charge in [0, 0.05) is 19.0 Å². The lowest BCUT2D eigenvalue weighted by atomic mass is 9.97. The molecule has 0 unspecified atom stereocenters.